The van der Waals surface area contributed by atoms with Gasteiger partial charge in [0.25, 0.3) is 0 Å². The largest absolute Gasteiger partial charge is 0.464 e. The first-order valence-corrected chi connectivity index (χ1v) is 7.04. The molecule has 0 aliphatic rings. The third-order valence-corrected chi connectivity index (χ3v) is 3.22. The van der Waals surface area contributed by atoms with Crippen LogP contribution in [0.2, 0.25) is 0 Å². The van der Waals surface area contributed by atoms with Crippen molar-refractivity contribution in [2.75, 3.05) is 14.2 Å². The summed E-state index contributed by atoms with van der Waals surface area (Å²) < 4.78 is 4.76. The zero-order valence-corrected chi connectivity index (χ0v) is 13.3. The molecule has 2 aromatic carbocycles. The summed E-state index contributed by atoms with van der Waals surface area (Å²) >= 11 is 0. The van der Waals surface area contributed by atoms with Gasteiger partial charge in [0, 0.05) is 16.7 Å². The van der Waals surface area contributed by atoms with Crippen molar-refractivity contribution in [3.05, 3.63) is 70.8 Å². The fourth-order valence-electron chi connectivity index (χ4n) is 2.03. The highest BCUT2D eigenvalue weighted by atomic mass is 16.6. The fourth-order valence-corrected chi connectivity index (χ4v) is 2.03. The molecule has 0 amide bonds. The Morgan fingerprint density at radius 3 is 2.22 bits per heavy atom. The Kier molecular flexibility index (Phi) is 5.54. The molecule has 2 aromatic rings. The Labute approximate surface area is 135 Å². The van der Waals surface area contributed by atoms with Crippen molar-refractivity contribution in [3.63, 3.8) is 0 Å². The highest BCUT2D eigenvalue weighted by molar-refractivity contribution is 6.43. The van der Waals surface area contributed by atoms with Gasteiger partial charge in [0.15, 0.2) is 5.71 Å². The first kappa shape index (κ1) is 16.3. The highest BCUT2D eigenvalue weighted by Gasteiger charge is 2.18. The quantitative estimate of drug-likeness (QED) is 0.379. The minimum absolute atomic E-state index is 0.0877. The van der Waals surface area contributed by atoms with Gasteiger partial charge in [0.2, 0.25) is 0 Å². The molecule has 4 heteroatoms. The lowest BCUT2D eigenvalue weighted by atomic mass is 10.0. The molecule has 0 aromatic heterocycles. The summed E-state index contributed by atoms with van der Waals surface area (Å²) in [4.78, 5) is 16.7. The summed E-state index contributed by atoms with van der Waals surface area (Å²) in [7, 11) is 2.68. The SMILES string of the molecule is CON=C(C(=O)OC)c1ccccc1C#Cc1ccccc1C. The van der Waals surface area contributed by atoms with Crippen molar-refractivity contribution in [2.45, 2.75) is 6.92 Å². The van der Waals surface area contributed by atoms with Gasteiger partial charge in [-0.15, -0.1) is 0 Å². The van der Waals surface area contributed by atoms with Crippen molar-refractivity contribution in [1.29, 1.82) is 0 Å². The maximum atomic E-state index is 11.9. The molecule has 0 atom stereocenters. The predicted octanol–water partition coefficient (Wildman–Crippen LogP) is 2.92. The van der Waals surface area contributed by atoms with E-state index in [4.69, 9.17) is 9.57 Å². The fraction of sp³-hybridized carbons (Fsp3) is 0.158. The van der Waals surface area contributed by atoms with Gasteiger partial charge in [-0.25, -0.2) is 4.79 Å². The second kappa shape index (κ2) is 7.81. The van der Waals surface area contributed by atoms with Gasteiger partial charge in [0.05, 0.1) is 7.11 Å². The van der Waals surface area contributed by atoms with E-state index >= 15 is 0 Å². The van der Waals surface area contributed by atoms with Gasteiger partial charge >= 0.3 is 5.97 Å². The van der Waals surface area contributed by atoms with E-state index in [1.807, 2.05) is 49.4 Å². The van der Waals surface area contributed by atoms with E-state index in [0.29, 0.717) is 11.1 Å². The summed E-state index contributed by atoms with van der Waals surface area (Å²) in [5.41, 5.74) is 3.37. The number of aryl methyl sites for hydroxylation is 1. The predicted molar refractivity (Wildman–Crippen MR) is 89.2 cm³/mol. The molecule has 0 radical (unpaired) electrons. The summed E-state index contributed by atoms with van der Waals surface area (Å²) in [5, 5.41) is 3.77. The number of hydrogen-bond acceptors (Lipinski definition) is 4. The minimum Gasteiger partial charge on any atom is -0.464 e. The molecular weight excluding hydrogens is 290 g/mol. The lowest BCUT2D eigenvalue weighted by Gasteiger charge is -2.06. The third kappa shape index (κ3) is 3.98. The van der Waals surface area contributed by atoms with Crippen molar-refractivity contribution < 1.29 is 14.4 Å². The van der Waals surface area contributed by atoms with E-state index in [2.05, 4.69) is 17.0 Å². The third-order valence-electron chi connectivity index (χ3n) is 3.22. The Hall–Kier alpha value is -3.06. The molecule has 0 N–H and O–H groups in total. The van der Waals surface area contributed by atoms with Crippen LogP contribution in [0.1, 0.15) is 22.3 Å². The molecule has 0 heterocycles. The van der Waals surface area contributed by atoms with E-state index in [1.165, 1.54) is 14.2 Å². The van der Waals surface area contributed by atoms with Crippen LogP contribution in [0.5, 0.6) is 0 Å². The van der Waals surface area contributed by atoms with Crippen LogP contribution < -0.4 is 0 Å². The number of esters is 1. The van der Waals surface area contributed by atoms with Crippen molar-refractivity contribution in [1.82, 2.24) is 0 Å². The lowest BCUT2D eigenvalue weighted by molar-refractivity contribution is -0.132. The van der Waals surface area contributed by atoms with Crippen LogP contribution in [-0.2, 0) is 14.4 Å². The van der Waals surface area contributed by atoms with Crippen LogP contribution >= 0.6 is 0 Å². The second-order valence-corrected chi connectivity index (χ2v) is 4.72. The van der Waals surface area contributed by atoms with Crippen molar-refractivity contribution >= 4 is 11.7 Å². The molecule has 116 valence electrons. The molecular formula is C19H17NO3. The standard InChI is InChI=1S/C19H17NO3/c1-14-8-4-5-9-15(14)12-13-16-10-6-7-11-17(16)18(20-23-3)19(21)22-2/h4-11H,1-3H3. The Morgan fingerprint density at radius 2 is 1.57 bits per heavy atom. The molecule has 0 saturated carbocycles. The van der Waals surface area contributed by atoms with Crippen LogP contribution in [0, 0.1) is 18.8 Å². The Balaban J connectivity index is 2.49. The van der Waals surface area contributed by atoms with Gasteiger partial charge in [-0.1, -0.05) is 53.4 Å². The zero-order chi connectivity index (χ0) is 16.7. The summed E-state index contributed by atoms with van der Waals surface area (Å²) in [6, 6.07) is 15.1. The maximum absolute atomic E-state index is 11.9. The molecule has 0 saturated heterocycles. The molecule has 23 heavy (non-hydrogen) atoms. The summed E-state index contributed by atoms with van der Waals surface area (Å²) in [6.07, 6.45) is 0. The van der Waals surface area contributed by atoms with E-state index in [9.17, 15) is 4.79 Å². The van der Waals surface area contributed by atoms with Crippen molar-refractivity contribution in [2.24, 2.45) is 5.16 Å². The molecule has 2 rings (SSSR count). The number of rotatable bonds is 3. The lowest BCUT2D eigenvalue weighted by Crippen LogP contribution is -2.18. The van der Waals surface area contributed by atoms with Crippen LogP contribution in [0.3, 0.4) is 0 Å². The van der Waals surface area contributed by atoms with Gasteiger partial charge in [-0.05, 0) is 24.6 Å². The Morgan fingerprint density at radius 1 is 0.957 bits per heavy atom. The van der Waals surface area contributed by atoms with Gasteiger partial charge in [-0.2, -0.15) is 0 Å². The van der Waals surface area contributed by atoms with Gasteiger partial charge < -0.3 is 9.57 Å². The molecule has 4 nitrogen and oxygen atoms in total. The monoisotopic (exact) mass is 307 g/mol. The number of benzene rings is 2. The first-order valence-electron chi connectivity index (χ1n) is 7.04. The van der Waals surface area contributed by atoms with E-state index in [-0.39, 0.29) is 5.71 Å². The maximum Gasteiger partial charge on any atom is 0.360 e. The van der Waals surface area contributed by atoms with Gasteiger partial charge in [-0.3, -0.25) is 0 Å². The van der Waals surface area contributed by atoms with Crippen LogP contribution in [0.25, 0.3) is 0 Å². The molecule has 0 bridgehead atoms. The first-order chi connectivity index (χ1) is 11.2. The summed E-state index contributed by atoms with van der Waals surface area (Å²) in [6.45, 7) is 2.00. The second-order valence-electron chi connectivity index (χ2n) is 4.72. The number of hydrogen-bond donors (Lipinski definition) is 0. The minimum atomic E-state index is -0.572. The van der Waals surface area contributed by atoms with Gasteiger partial charge in [0.1, 0.15) is 7.11 Å². The average molecular weight is 307 g/mol. The molecule has 0 aliphatic heterocycles. The normalized spacial score (nSPS) is 10.5. The number of carbonyl (C=O) groups excluding carboxylic acids is 1. The molecule has 0 unspecified atom stereocenters. The number of ether oxygens (including phenoxy) is 1. The number of methoxy groups -OCH3 is 1. The topological polar surface area (TPSA) is 47.9 Å². The average Bonchev–Trinajstić information content (AvgIpc) is 2.59. The number of carbonyl (C=O) groups is 1. The zero-order valence-electron chi connectivity index (χ0n) is 13.3. The number of oxime groups is 1. The van der Waals surface area contributed by atoms with Crippen LogP contribution in [0.4, 0.5) is 0 Å². The Bertz CT molecular complexity index is 798. The van der Waals surface area contributed by atoms with E-state index in [0.717, 1.165) is 11.1 Å². The summed E-state index contributed by atoms with van der Waals surface area (Å²) in [5.74, 6) is 5.65. The number of nitrogens with zero attached hydrogens (tertiary/aromatic N) is 1. The van der Waals surface area contributed by atoms with E-state index < -0.39 is 5.97 Å². The molecule has 0 fully saturated rings. The molecule has 0 aliphatic carbocycles. The van der Waals surface area contributed by atoms with Crippen LogP contribution in [-0.4, -0.2) is 25.9 Å². The smallest absolute Gasteiger partial charge is 0.360 e. The van der Waals surface area contributed by atoms with Crippen molar-refractivity contribution in [3.8, 4) is 11.8 Å². The van der Waals surface area contributed by atoms with Crippen LogP contribution in [0.15, 0.2) is 53.7 Å². The van der Waals surface area contributed by atoms with E-state index in [1.54, 1.807) is 6.07 Å². The highest BCUT2D eigenvalue weighted by Crippen LogP contribution is 2.12. The molecule has 0 spiro atoms.